The van der Waals surface area contributed by atoms with Gasteiger partial charge in [0.1, 0.15) is 6.61 Å². The number of ether oxygens (including phenoxy) is 1. The van der Waals surface area contributed by atoms with E-state index in [1.807, 2.05) is 38.1 Å². The number of rotatable bonds is 10. The summed E-state index contributed by atoms with van der Waals surface area (Å²) in [6, 6.07) is 7.71. The fourth-order valence-electron chi connectivity index (χ4n) is 3.14. The van der Waals surface area contributed by atoms with Crippen molar-refractivity contribution in [2.24, 2.45) is 5.73 Å². The largest absolute Gasteiger partial charge is 0.472 e. The van der Waals surface area contributed by atoms with E-state index < -0.39 is 5.92 Å². The summed E-state index contributed by atoms with van der Waals surface area (Å²) in [5, 5.41) is 1.46. The fourth-order valence-corrected chi connectivity index (χ4v) is 3.48. The first-order valence-corrected chi connectivity index (χ1v) is 11.5. The molecule has 1 aromatic heterocycles. The number of aromatic nitrogens is 2. The predicted molar refractivity (Wildman–Crippen MR) is 139 cm³/mol. The molecule has 0 bridgehead atoms. The van der Waals surface area contributed by atoms with Crippen molar-refractivity contribution < 1.29 is 13.5 Å². The van der Waals surface area contributed by atoms with Crippen molar-refractivity contribution in [1.82, 2.24) is 14.9 Å². The first-order valence-electron chi connectivity index (χ1n) is 10.6. The quantitative estimate of drug-likeness (QED) is 0.221. The van der Waals surface area contributed by atoms with Crippen LogP contribution in [0.1, 0.15) is 50.8 Å². The van der Waals surface area contributed by atoms with Gasteiger partial charge in [0.25, 0.3) is 5.92 Å². The molecule has 0 saturated carbocycles. The number of benzene rings is 1. The predicted octanol–water partition coefficient (Wildman–Crippen LogP) is 6.64. The highest BCUT2D eigenvalue weighted by Crippen LogP contribution is 2.29. The minimum atomic E-state index is -2.88. The molecular weight excluding hydrogens is 478 g/mol. The van der Waals surface area contributed by atoms with Crippen LogP contribution < -0.4 is 10.5 Å². The molecule has 2 aromatic rings. The SMILES string of the molecule is CCC(C)=C(c1ccc(COc2nc(Cl)ncc2/C(C=S)=C/N)cc1)N(C)/C=C(\C)C(C)(F)F. The molecule has 0 radical (unpaired) electrons. The standard InChI is InChI=1S/C25H29ClF2N4OS/c1-6-16(2)22(32(5)13-17(3)25(4,27)28)19-9-7-18(8-10-19)14-33-23-21(20(11-29)15-34)12-30-24(26)31-23/h7-13,15H,6,14,29H2,1-5H3/b17-13+,20-11+,22-16?. The Labute approximate surface area is 210 Å². The number of hydrogen-bond acceptors (Lipinski definition) is 6. The van der Waals surface area contributed by atoms with Gasteiger partial charge in [0.15, 0.2) is 0 Å². The number of halogens is 3. The Bertz CT molecular complexity index is 1110. The summed E-state index contributed by atoms with van der Waals surface area (Å²) >= 11 is 10.9. The van der Waals surface area contributed by atoms with Gasteiger partial charge < -0.3 is 15.4 Å². The lowest BCUT2D eigenvalue weighted by atomic mass is 10.0. The van der Waals surface area contributed by atoms with Gasteiger partial charge in [-0.1, -0.05) is 43.4 Å². The molecule has 0 aliphatic heterocycles. The molecule has 34 heavy (non-hydrogen) atoms. The van der Waals surface area contributed by atoms with Crippen LogP contribution in [0.15, 0.2) is 54.0 Å². The summed E-state index contributed by atoms with van der Waals surface area (Å²) in [7, 11) is 1.78. The Hall–Kier alpha value is -2.84. The molecule has 182 valence electrons. The number of nitrogens with zero attached hydrogens (tertiary/aromatic N) is 3. The van der Waals surface area contributed by atoms with Crippen LogP contribution in [0.4, 0.5) is 8.78 Å². The highest BCUT2D eigenvalue weighted by Gasteiger charge is 2.24. The molecule has 5 nitrogen and oxygen atoms in total. The molecule has 0 unspecified atom stereocenters. The maximum atomic E-state index is 13.7. The minimum absolute atomic E-state index is 0.0111. The number of thiocarbonyl (C=S) groups is 1. The Balaban J connectivity index is 2.29. The summed E-state index contributed by atoms with van der Waals surface area (Å²) in [6.07, 6.45) is 5.12. The van der Waals surface area contributed by atoms with Crippen molar-refractivity contribution >= 4 is 40.5 Å². The molecule has 1 aromatic carbocycles. The van der Waals surface area contributed by atoms with Crippen LogP contribution in [0.25, 0.3) is 11.3 Å². The van der Waals surface area contributed by atoms with Crippen molar-refractivity contribution in [3.8, 4) is 5.88 Å². The molecule has 9 heteroatoms. The van der Waals surface area contributed by atoms with E-state index in [2.05, 4.69) is 9.97 Å². The zero-order valence-electron chi connectivity index (χ0n) is 19.9. The lowest BCUT2D eigenvalue weighted by Crippen LogP contribution is -2.18. The molecular formula is C25H29ClF2N4OS. The summed E-state index contributed by atoms with van der Waals surface area (Å²) in [4.78, 5) is 9.86. The Morgan fingerprint density at radius 2 is 1.91 bits per heavy atom. The second-order valence-electron chi connectivity index (χ2n) is 7.88. The van der Waals surface area contributed by atoms with E-state index in [4.69, 9.17) is 34.3 Å². The van der Waals surface area contributed by atoms with Gasteiger partial charge in [-0.05, 0) is 48.6 Å². The van der Waals surface area contributed by atoms with E-state index in [0.717, 1.165) is 35.7 Å². The summed E-state index contributed by atoms with van der Waals surface area (Å²) in [6.45, 7) is 6.57. The van der Waals surface area contributed by atoms with E-state index in [1.54, 1.807) is 11.9 Å². The molecule has 0 aliphatic rings. The Kier molecular flexibility index (Phi) is 9.70. The van der Waals surface area contributed by atoms with Gasteiger partial charge in [0.05, 0.1) is 5.56 Å². The monoisotopic (exact) mass is 506 g/mol. The number of nitrogens with two attached hydrogens (primary N) is 1. The second kappa shape index (κ2) is 12.0. The molecule has 0 amide bonds. The van der Waals surface area contributed by atoms with Crippen molar-refractivity contribution in [3.63, 3.8) is 0 Å². The number of hydrogen-bond donors (Lipinski definition) is 1. The first kappa shape index (κ1) is 27.4. The topological polar surface area (TPSA) is 64.3 Å². The maximum absolute atomic E-state index is 13.7. The van der Waals surface area contributed by atoms with E-state index >= 15 is 0 Å². The molecule has 2 N–H and O–H groups in total. The first-order chi connectivity index (χ1) is 16.0. The van der Waals surface area contributed by atoms with Crippen LogP contribution in [0.3, 0.4) is 0 Å². The lowest BCUT2D eigenvalue weighted by Gasteiger charge is -2.24. The van der Waals surface area contributed by atoms with Crippen molar-refractivity contribution in [2.45, 2.75) is 46.6 Å². The number of alkyl halides is 2. The lowest BCUT2D eigenvalue weighted by molar-refractivity contribution is 0.0622. The van der Waals surface area contributed by atoms with Crippen LogP contribution in [-0.4, -0.2) is 33.2 Å². The number of allylic oxidation sites excluding steroid dienone is 3. The molecule has 1 heterocycles. The highest BCUT2D eigenvalue weighted by molar-refractivity contribution is 7.79. The van der Waals surface area contributed by atoms with Gasteiger partial charge >= 0.3 is 0 Å². The Morgan fingerprint density at radius 3 is 2.44 bits per heavy atom. The molecule has 2 rings (SSSR count). The van der Waals surface area contributed by atoms with E-state index in [-0.39, 0.29) is 23.3 Å². The average molecular weight is 507 g/mol. The van der Waals surface area contributed by atoms with Gasteiger partial charge in [-0.3, -0.25) is 0 Å². The van der Waals surface area contributed by atoms with Crippen molar-refractivity contribution in [1.29, 1.82) is 0 Å². The van der Waals surface area contributed by atoms with Gasteiger partial charge in [-0.2, -0.15) is 4.98 Å². The smallest absolute Gasteiger partial charge is 0.268 e. The molecule has 0 fully saturated rings. The zero-order valence-corrected chi connectivity index (χ0v) is 21.5. The third-order valence-corrected chi connectivity index (χ3v) is 5.75. The van der Waals surface area contributed by atoms with Gasteiger partial charge in [0, 0.05) is 54.8 Å². The van der Waals surface area contributed by atoms with E-state index in [1.165, 1.54) is 30.9 Å². The maximum Gasteiger partial charge on any atom is 0.268 e. The average Bonchev–Trinajstić information content (AvgIpc) is 2.79. The van der Waals surface area contributed by atoms with Crippen LogP contribution >= 0.6 is 23.8 Å². The summed E-state index contributed by atoms with van der Waals surface area (Å²) < 4.78 is 33.3. The highest BCUT2D eigenvalue weighted by atomic mass is 35.5. The molecule has 0 saturated heterocycles. The van der Waals surface area contributed by atoms with Gasteiger partial charge in [-0.25, -0.2) is 13.8 Å². The summed E-state index contributed by atoms with van der Waals surface area (Å²) in [5.41, 5.74) is 10.5. The molecule has 0 atom stereocenters. The van der Waals surface area contributed by atoms with E-state index in [9.17, 15) is 8.78 Å². The molecule has 0 aliphatic carbocycles. The second-order valence-corrected chi connectivity index (χ2v) is 8.45. The van der Waals surface area contributed by atoms with Crippen LogP contribution in [0.2, 0.25) is 5.28 Å². The van der Waals surface area contributed by atoms with Crippen LogP contribution in [0.5, 0.6) is 5.88 Å². The minimum Gasteiger partial charge on any atom is -0.472 e. The fraction of sp³-hybridized carbons (Fsp3) is 0.320. The Morgan fingerprint density at radius 1 is 1.26 bits per heavy atom. The summed E-state index contributed by atoms with van der Waals surface area (Å²) in [5.74, 6) is -2.61. The zero-order chi connectivity index (χ0) is 25.5. The third-order valence-electron chi connectivity index (χ3n) is 5.31. The van der Waals surface area contributed by atoms with Crippen molar-refractivity contribution in [2.75, 3.05) is 7.05 Å². The third kappa shape index (κ3) is 7.08. The van der Waals surface area contributed by atoms with Gasteiger partial charge in [-0.15, -0.1) is 0 Å². The van der Waals surface area contributed by atoms with Crippen LogP contribution in [-0.2, 0) is 6.61 Å². The normalized spacial score (nSPS) is 13.4. The molecule has 0 spiro atoms. The van der Waals surface area contributed by atoms with Gasteiger partial charge in [0.2, 0.25) is 11.2 Å². The van der Waals surface area contributed by atoms with Crippen molar-refractivity contribution in [3.05, 3.63) is 76.0 Å². The van der Waals surface area contributed by atoms with E-state index in [0.29, 0.717) is 11.1 Å². The van der Waals surface area contributed by atoms with Crippen LogP contribution in [0, 0.1) is 0 Å².